The second-order valence-corrected chi connectivity index (χ2v) is 11.8. The minimum Gasteiger partial charge on any atom is -0.481 e. The van der Waals surface area contributed by atoms with E-state index >= 15 is 0 Å². The number of aliphatic carboxylic acids is 1. The molecule has 2 aliphatic carbocycles. The third kappa shape index (κ3) is 3.59. The van der Waals surface area contributed by atoms with E-state index in [2.05, 4.69) is 12.1 Å². The summed E-state index contributed by atoms with van der Waals surface area (Å²) in [6.07, 6.45) is 8.40. The molecule has 1 spiro atoms. The number of sulfonamides is 1. The van der Waals surface area contributed by atoms with Gasteiger partial charge in [0.15, 0.2) is 0 Å². The number of hydrogen-bond donors (Lipinski definition) is 1. The van der Waals surface area contributed by atoms with Gasteiger partial charge in [0.05, 0.1) is 15.7 Å². The SMILES string of the molecule is CC1C=C(S(=O)(=O)N2CCC3(C=C(C(C)(C)C(=O)O)c4ccccc43)CC2)C=CC1Cl. The molecule has 1 saturated heterocycles. The first-order valence-corrected chi connectivity index (χ1v) is 12.5. The molecule has 0 saturated carbocycles. The number of alkyl halides is 1. The maximum atomic E-state index is 13.2. The smallest absolute Gasteiger partial charge is 0.313 e. The van der Waals surface area contributed by atoms with Gasteiger partial charge in [0.2, 0.25) is 10.0 Å². The zero-order valence-corrected chi connectivity index (χ0v) is 19.6. The number of carboxylic acids is 1. The first-order chi connectivity index (χ1) is 14.5. The summed E-state index contributed by atoms with van der Waals surface area (Å²) < 4.78 is 28.0. The fraction of sp³-hybridized carbons (Fsp3) is 0.458. The van der Waals surface area contributed by atoms with Crippen LogP contribution in [0.1, 0.15) is 44.7 Å². The number of halogens is 1. The van der Waals surface area contributed by atoms with Crippen molar-refractivity contribution in [3.63, 3.8) is 0 Å². The summed E-state index contributed by atoms with van der Waals surface area (Å²) >= 11 is 6.18. The molecule has 5 nitrogen and oxygen atoms in total. The lowest BCUT2D eigenvalue weighted by molar-refractivity contribution is -0.143. The Bertz CT molecular complexity index is 1110. The number of nitrogens with zero attached hydrogens (tertiary/aromatic N) is 1. The summed E-state index contributed by atoms with van der Waals surface area (Å²) in [7, 11) is -3.59. The fourth-order valence-electron chi connectivity index (χ4n) is 4.85. The van der Waals surface area contributed by atoms with Crippen molar-refractivity contribution in [1.29, 1.82) is 0 Å². The van der Waals surface area contributed by atoms with Crippen LogP contribution in [0.5, 0.6) is 0 Å². The predicted octanol–water partition coefficient (Wildman–Crippen LogP) is 4.56. The number of piperidine rings is 1. The Labute approximate surface area is 189 Å². The highest BCUT2D eigenvalue weighted by atomic mass is 35.5. The highest BCUT2D eigenvalue weighted by Gasteiger charge is 2.47. The van der Waals surface area contributed by atoms with Crippen LogP contribution < -0.4 is 0 Å². The third-order valence-corrected chi connectivity index (χ3v) is 9.46. The van der Waals surface area contributed by atoms with Gasteiger partial charge in [0, 0.05) is 18.5 Å². The van der Waals surface area contributed by atoms with Gasteiger partial charge in [-0.1, -0.05) is 49.4 Å². The summed E-state index contributed by atoms with van der Waals surface area (Å²) in [5.74, 6) is -0.911. The molecule has 0 amide bonds. The molecule has 7 heteroatoms. The van der Waals surface area contributed by atoms with Gasteiger partial charge in [-0.25, -0.2) is 8.42 Å². The summed E-state index contributed by atoms with van der Waals surface area (Å²) in [5.41, 5.74) is 1.52. The van der Waals surface area contributed by atoms with Crippen molar-refractivity contribution < 1.29 is 18.3 Å². The molecule has 0 bridgehead atoms. The third-order valence-electron chi connectivity index (χ3n) is 7.01. The van der Waals surface area contributed by atoms with Crippen LogP contribution in [-0.2, 0) is 20.2 Å². The highest BCUT2D eigenvalue weighted by Crippen LogP contribution is 2.52. The van der Waals surface area contributed by atoms with Crippen LogP contribution >= 0.6 is 11.6 Å². The van der Waals surface area contributed by atoms with Crippen molar-refractivity contribution in [2.75, 3.05) is 13.1 Å². The zero-order valence-electron chi connectivity index (χ0n) is 18.0. The van der Waals surface area contributed by atoms with Gasteiger partial charge < -0.3 is 5.11 Å². The van der Waals surface area contributed by atoms with E-state index in [0.717, 1.165) is 16.7 Å². The molecule has 31 heavy (non-hydrogen) atoms. The maximum Gasteiger partial charge on any atom is 0.313 e. The van der Waals surface area contributed by atoms with Gasteiger partial charge in [-0.3, -0.25) is 4.79 Å². The van der Waals surface area contributed by atoms with E-state index < -0.39 is 21.4 Å². The summed E-state index contributed by atoms with van der Waals surface area (Å²) in [6, 6.07) is 7.92. The Morgan fingerprint density at radius 2 is 1.87 bits per heavy atom. The van der Waals surface area contributed by atoms with Crippen LogP contribution in [0, 0.1) is 11.3 Å². The molecule has 3 aliphatic rings. The number of carboxylic acid groups (broad SMARTS) is 1. The number of hydrogen-bond acceptors (Lipinski definition) is 3. The Kier molecular flexibility index (Phi) is 5.48. The normalized spacial score (nSPS) is 25.8. The van der Waals surface area contributed by atoms with Gasteiger partial charge in [-0.2, -0.15) is 4.31 Å². The summed E-state index contributed by atoms with van der Waals surface area (Å²) in [4.78, 5) is 12.3. The van der Waals surface area contributed by atoms with Crippen molar-refractivity contribution >= 4 is 33.2 Å². The van der Waals surface area contributed by atoms with E-state index in [9.17, 15) is 18.3 Å². The van der Waals surface area contributed by atoms with Crippen molar-refractivity contribution in [3.8, 4) is 0 Å². The van der Waals surface area contributed by atoms with Crippen LogP contribution in [0.25, 0.3) is 5.57 Å². The minimum absolute atomic E-state index is 0.0435. The van der Waals surface area contributed by atoms with Gasteiger partial charge in [0.25, 0.3) is 0 Å². The number of fused-ring (bicyclic) bond motifs is 2. The van der Waals surface area contributed by atoms with Crippen LogP contribution in [-0.4, -0.2) is 42.3 Å². The van der Waals surface area contributed by atoms with Crippen molar-refractivity contribution in [2.24, 2.45) is 11.3 Å². The van der Waals surface area contributed by atoms with Crippen molar-refractivity contribution in [1.82, 2.24) is 4.31 Å². The second kappa shape index (κ2) is 7.61. The van der Waals surface area contributed by atoms with Gasteiger partial charge in [-0.15, -0.1) is 11.6 Å². The fourth-order valence-corrected chi connectivity index (χ4v) is 6.59. The number of rotatable bonds is 4. The van der Waals surface area contributed by atoms with Crippen LogP contribution in [0.4, 0.5) is 0 Å². The topological polar surface area (TPSA) is 74.7 Å². The van der Waals surface area contributed by atoms with Crippen molar-refractivity contribution in [3.05, 3.63) is 64.6 Å². The molecule has 1 heterocycles. The zero-order chi connectivity index (χ0) is 22.6. The Hall–Kier alpha value is -1.89. The molecule has 1 N–H and O–H groups in total. The lowest BCUT2D eigenvalue weighted by Gasteiger charge is -2.39. The molecular weight excluding hydrogens is 434 g/mol. The Balaban J connectivity index is 1.63. The lowest BCUT2D eigenvalue weighted by Crippen LogP contribution is -2.44. The maximum absolute atomic E-state index is 13.2. The average molecular weight is 462 g/mol. The molecule has 1 aliphatic heterocycles. The molecule has 1 aromatic rings. The number of carbonyl (C=O) groups is 1. The first kappa shape index (κ1) is 22.3. The molecule has 1 fully saturated rings. The second-order valence-electron chi connectivity index (χ2n) is 9.33. The minimum atomic E-state index is -3.59. The average Bonchev–Trinajstić information content (AvgIpc) is 3.05. The van der Waals surface area contributed by atoms with E-state index in [0.29, 0.717) is 30.8 Å². The molecule has 1 aromatic carbocycles. The number of benzene rings is 1. The standard InChI is InChI=1S/C24H28ClNO4S/c1-16-14-17(8-9-21(16)25)31(29,30)26-12-10-24(11-13-26)15-20(23(2,3)22(27)28)18-6-4-5-7-19(18)24/h4-9,14-16,21H,10-13H2,1-3H3,(H,27,28). The molecule has 0 aromatic heterocycles. The molecule has 4 rings (SSSR count). The van der Waals surface area contributed by atoms with Crippen molar-refractivity contribution in [2.45, 2.75) is 44.4 Å². The quantitative estimate of drug-likeness (QED) is 0.667. The van der Waals surface area contributed by atoms with E-state index in [1.165, 1.54) is 0 Å². The molecule has 166 valence electrons. The first-order valence-electron chi connectivity index (χ1n) is 10.6. The van der Waals surface area contributed by atoms with E-state index in [4.69, 9.17) is 11.6 Å². The highest BCUT2D eigenvalue weighted by molar-refractivity contribution is 7.93. The van der Waals surface area contributed by atoms with Crippen LogP contribution in [0.2, 0.25) is 0 Å². The van der Waals surface area contributed by atoms with Crippen LogP contribution in [0.3, 0.4) is 0 Å². The Morgan fingerprint density at radius 1 is 1.23 bits per heavy atom. The summed E-state index contributed by atoms with van der Waals surface area (Å²) in [6.45, 7) is 6.14. The monoisotopic (exact) mass is 461 g/mol. The van der Waals surface area contributed by atoms with Crippen LogP contribution in [0.15, 0.2) is 53.5 Å². The molecular formula is C24H28ClNO4S. The van der Waals surface area contributed by atoms with E-state index in [1.807, 2.05) is 25.1 Å². The van der Waals surface area contributed by atoms with Gasteiger partial charge in [0.1, 0.15) is 0 Å². The molecule has 2 unspecified atom stereocenters. The predicted molar refractivity (Wildman–Crippen MR) is 123 cm³/mol. The van der Waals surface area contributed by atoms with Gasteiger partial charge >= 0.3 is 5.97 Å². The lowest BCUT2D eigenvalue weighted by atomic mass is 9.75. The van der Waals surface area contributed by atoms with E-state index in [-0.39, 0.29) is 16.7 Å². The molecule has 2 atom stereocenters. The molecule has 0 radical (unpaired) electrons. The van der Waals surface area contributed by atoms with E-state index in [1.54, 1.807) is 36.4 Å². The number of allylic oxidation sites excluding steroid dienone is 4. The largest absolute Gasteiger partial charge is 0.481 e. The summed E-state index contributed by atoms with van der Waals surface area (Å²) in [5, 5.41) is 9.60. The van der Waals surface area contributed by atoms with Gasteiger partial charge in [-0.05, 0) is 55.4 Å². The Morgan fingerprint density at radius 3 is 2.48 bits per heavy atom.